The molecular weight excluding hydrogens is 410 g/mol. The fraction of sp³-hybridized carbons (Fsp3) is 0.0370. The minimum Gasteiger partial charge on any atom is -0.307 e. The summed E-state index contributed by atoms with van der Waals surface area (Å²) in [6, 6.07) is 27.1. The van der Waals surface area contributed by atoms with Crippen LogP contribution in [0.5, 0.6) is 0 Å². The molecule has 0 aliphatic rings. The molecule has 0 bridgehead atoms. The van der Waals surface area contributed by atoms with Gasteiger partial charge in [0.25, 0.3) is 0 Å². The van der Waals surface area contributed by atoms with Crippen LogP contribution in [-0.2, 0) is 4.79 Å². The zero-order chi connectivity index (χ0) is 22.8. The number of carbonyl (C=O) groups is 1. The number of para-hydroxylation sites is 3. The van der Waals surface area contributed by atoms with Crippen molar-refractivity contribution in [2.45, 2.75) is 6.92 Å². The van der Waals surface area contributed by atoms with Gasteiger partial charge in [-0.3, -0.25) is 9.36 Å². The summed E-state index contributed by atoms with van der Waals surface area (Å²) < 4.78 is 1.80. The van der Waals surface area contributed by atoms with E-state index in [1.807, 2.05) is 85.8 Å². The zero-order valence-corrected chi connectivity index (χ0v) is 17.9. The number of nitrogens with zero attached hydrogens (tertiary/aromatic N) is 4. The van der Waals surface area contributed by atoms with Crippen LogP contribution < -0.4 is 5.32 Å². The Bertz CT molecular complexity index is 1580. The summed E-state index contributed by atoms with van der Waals surface area (Å²) >= 11 is 0. The Morgan fingerprint density at radius 1 is 0.939 bits per heavy atom. The van der Waals surface area contributed by atoms with Gasteiger partial charge in [0, 0.05) is 6.08 Å². The average Bonchev–Trinajstić information content (AvgIpc) is 3.13. The molecule has 0 fully saturated rings. The number of benzene rings is 3. The molecule has 5 aromatic rings. The van der Waals surface area contributed by atoms with Gasteiger partial charge in [-0.05, 0) is 42.3 Å². The van der Waals surface area contributed by atoms with Crippen LogP contribution in [0.3, 0.4) is 0 Å². The van der Waals surface area contributed by atoms with E-state index < -0.39 is 0 Å². The lowest BCUT2D eigenvalue weighted by Crippen LogP contribution is -2.13. The number of aromatic nitrogens is 3. The highest BCUT2D eigenvalue weighted by atomic mass is 16.1. The number of nitrogens with one attached hydrogen (secondary N) is 1. The number of nitriles is 1. The zero-order valence-electron chi connectivity index (χ0n) is 17.9. The van der Waals surface area contributed by atoms with Crippen LogP contribution in [0.25, 0.3) is 34.0 Å². The van der Waals surface area contributed by atoms with E-state index in [-0.39, 0.29) is 11.5 Å². The molecule has 0 spiro atoms. The SMILES string of the molecule is Cc1ccccc1-n1c(NC(=O)C=Cc2ccccc2)c(C#N)c2nc3ccccc3nc21. The molecule has 3 aromatic carbocycles. The summed E-state index contributed by atoms with van der Waals surface area (Å²) in [7, 11) is 0. The molecule has 0 unspecified atom stereocenters. The van der Waals surface area contributed by atoms with Crippen LogP contribution in [0.2, 0.25) is 0 Å². The molecule has 6 heteroatoms. The Balaban J connectivity index is 1.71. The first-order chi connectivity index (χ1) is 16.2. The molecule has 0 radical (unpaired) electrons. The van der Waals surface area contributed by atoms with Gasteiger partial charge in [-0.15, -0.1) is 0 Å². The lowest BCUT2D eigenvalue weighted by atomic mass is 10.2. The topological polar surface area (TPSA) is 83.6 Å². The van der Waals surface area contributed by atoms with Crippen molar-refractivity contribution in [3.05, 3.63) is 102 Å². The summed E-state index contributed by atoms with van der Waals surface area (Å²) in [5.74, 6) is -0.00244. The van der Waals surface area contributed by atoms with Gasteiger partial charge in [-0.25, -0.2) is 9.97 Å². The van der Waals surface area contributed by atoms with E-state index in [0.29, 0.717) is 28.0 Å². The molecule has 0 atom stereocenters. The van der Waals surface area contributed by atoms with E-state index in [4.69, 9.17) is 9.97 Å². The number of fused-ring (bicyclic) bond motifs is 2. The van der Waals surface area contributed by atoms with Crippen LogP contribution in [0, 0.1) is 18.3 Å². The summed E-state index contributed by atoms with van der Waals surface area (Å²) in [5.41, 5.74) is 5.33. The Morgan fingerprint density at radius 2 is 1.61 bits per heavy atom. The molecule has 2 aromatic heterocycles. The standard InChI is InChI=1S/C27H19N5O/c1-18-9-5-8-14-23(18)32-26(31-24(33)16-15-19-10-3-2-4-11-19)20(17-28)25-27(32)30-22-13-7-6-12-21(22)29-25/h2-16H,1H3,(H,31,33). The summed E-state index contributed by atoms with van der Waals surface area (Å²) in [5, 5.41) is 12.9. The first kappa shape index (κ1) is 20.2. The van der Waals surface area contributed by atoms with Crippen molar-refractivity contribution >= 4 is 40.0 Å². The summed E-state index contributed by atoms with van der Waals surface area (Å²) in [6.07, 6.45) is 3.18. The first-order valence-corrected chi connectivity index (χ1v) is 10.5. The van der Waals surface area contributed by atoms with Crippen molar-refractivity contribution in [1.82, 2.24) is 14.5 Å². The van der Waals surface area contributed by atoms with E-state index in [0.717, 1.165) is 16.8 Å². The van der Waals surface area contributed by atoms with Gasteiger partial charge in [0.1, 0.15) is 23.0 Å². The lowest BCUT2D eigenvalue weighted by molar-refractivity contribution is -0.111. The molecule has 0 aliphatic heterocycles. The van der Waals surface area contributed by atoms with Gasteiger partial charge in [0.05, 0.1) is 16.7 Å². The first-order valence-electron chi connectivity index (χ1n) is 10.5. The number of hydrogen-bond acceptors (Lipinski definition) is 4. The van der Waals surface area contributed by atoms with Crippen molar-refractivity contribution in [2.24, 2.45) is 0 Å². The molecule has 1 amide bonds. The maximum Gasteiger partial charge on any atom is 0.249 e. The predicted octanol–water partition coefficient (Wildman–Crippen LogP) is 5.41. The van der Waals surface area contributed by atoms with E-state index in [9.17, 15) is 10.1 Å². The largest absolute Gasteiger partial charge is 0.307 e. The lowest BCUT2D eigenvalue weighted by Gasteiger charge is -2.13. The number of hydrogen-bond donors (Lipinski definition) is 1. The van der Waals surface area contributed by atoms with Gasteiger partial charge in [0.15, 0.2) is 5.65 Å². The number of rotatable bonds is 4. The average molecular weight is 429 g/mol. The monoisotopic (exact) mass is 429 g/mol. The number of carbonyl (C=O) groups excluding carboxylic acids is 1. The molecule has 5 rings (SSSR count). The summed E-state index contributed by atoms with van der Waals surface area (Å²) in [6.45, 7) is 1.97. The van der Waals surface area contributed by atoms with Crippen molar-refractivity contribution in [3.8, 4) is 11.8 Å². The third-order valence-electron chi connectivity index (χ3n) is 5.40. The molecule has 0 aliphatic carbocycles. The van der Waals surface area contributed by atoms with Crippen LogP contribution in [-0.4, -0.2) is 20.4 Å². The quantitative estimate of drug-likeness (QED) is 0.388. The van der Waals surface area contributed by atoms with E-state index in [1.165, 1.54) is 6.08 Å². The normalized spacial score (nSPS) is 11.2. The smallest absolute Gasteiger partial charge is 0.249 e. The van der Waals surface area contributed by atoms with E-state index in [1.54, 1.807) is 10.6 Å². The highest BCUT2D eigenvalue weighted by molar-refractivity contribution is 6.05. The van der Waals surface area contributed by atoms with Gasteiger partial charge >= 0.3 is 0 Å². The second-order valence-electron chi connectivity index (χ2n) is 7.58. The minimum absolute atomic E-state index is 0.271. The van der Waals surface area contributed by atoms with E-state index in [2.05, 4.69) is 11.4 Å². The van der Waals surface area contributed by atoms with Crippen LogP contribution in [0.1, 0.15) is 16.7 Å². The van der Waals surface area contributed by atoms with Gasteiger partial charge in [0.2, 0.25) is 5.91 Å². The third-order valence-corrected chi connectivity index (χ3v) is 5.40. The Labute approximate surface area is 190 Å². The highest BCUT2D eigenvalue weighted by Crippen LogP contribution is 2.33. The second kappa shape index (κ2) is 8.40. The van der Waals surface area contributed by atoms with Crippen molar-refractivity contribution < 1.29 is 4.79 Å². The fourth-order valence-electron chi connectivity index (χ4n) is 3.81. The third kappa shape index (κ3) is 3.73. The Morgan fingerprint density at radius 3 is 2.33 bits per heavy atom. The van der Waals surface area contributed by atoms with Gasteiger partial charge in [-0.1, -0.05) is 60.7 Å². The molecule has 6 nitrogen and oxygen atoms in total. The molecule has 0 saturated heterocycles. The Hall–Kier alpha value is -4.76. The van der Waals surface area contributed by atoms with Gasteiger partial charge < -0.3 is 5.32 Å². The van der Waals surface area contributed by atoms with Crippen molar-refractivity contribution in [1.29, 1.82) is 5.26 Å². The molecule has 2 heterocycles. The van der Waals surface area contributed by atoms with Crippen molar-refractivity contribution in [3.63, 3.8) is 0 Å². The van der Waals surface area contributed by atoms with Crippen LogP contribution >= 0.6 is 0 Å². The van der Waals surface area contributed by atoms with Crippen LogP contribution in [0.4, 0.5) is 5.82 Å². The maximum atomic E-state index is 12.9. The maximum absolute atomic E-state index is 12.9. The molecule has 158 valence electrons. The molecular formula is C27H19N5O. The fourth-order valence-corrected chi connectivity index (χ4v) is 3.81. The number of anilines is 1. The number of amides is 1. The molecule has 1 N–H and O–H groups in total. The molecule has 0 saturated carbocycles. The Kier molecular flexibility index (Phi) is 5.13. The number of aryl methyl sites for hydroxylation is 1. The summed E-state index contributed by atoms with van der Waals surface area (Å²) in [4.78, 5) is 22.4. The van der Waals surface area contributed by atoms with E-state index >= 15 is 0 Å². The van der Waals surface area contributed by atoms with Gasteiger partial charge in [-0.2, -0.15) is 5.26 Å². The minimum atomic E-state index is -0.349. The van der Waals surface area contributed by atoms with Crippen LogP contribution in [0.15, 0.2) is 84.9 Å². The predicted molar refractivity (Wildman–Crippen MR) is 130 cm³/mol. The molecule has 33 heavy (non-hydrogen) atoms. The van der Waals surface area contributed by atoms with Crippen molar-refractivity contribution in [2.75, 3.05) is 5.32 Å². The second-order valence-corrected chi connectivity index (χ2v) is 7.58. The highest BCUT2D eigenvalue weighted by Gasteiger charge is 2.23.